The van der Waals surface area contributed by atoms with E-state index in [4.69, 9.17) is 9.84 Å². The Hall–Kier alpha value is -1.18. The fraction of sp³-hybridized carbons (Fsp3) is 0.333. The molecule has 0 aromatic carbocycles. The van der Waals surface area contributed by atoms with E-state index in [-0.39, 0.29) is 0 Å². The van der Waals surface area contributed by atoms with Crippen molar-refractivity contribution in [2.45, 2.75) is 13.8 Å². The predicted octanol–water partition coefficient (Wildman–Crippen LogP) is 2.55. The predicted molar refractivity (Wildman–Crippen MR) is 46.3 cm³/mol. The summed E-state index contributed by atoms with van der Waals surface area (Å²) in [6, 6.07) is 0. The average molecular weight is 154 g/mol. The minimum absolute atomic E-state index is 0.477. The van der Waals surface area contributed by atoms with Gasteiger partial charge in [0, 0.05) is 0 Å². The molecule has 2 nitrogen and oxygen atoms in total. The third-order valence-corrected chi connectivity index (χ3v) is 1.00. The maximum Gasteiger partial charge on any atom is 0.153 e. The summed E-state index contributed by atoms with van der Waals surface area (Å²) in [5.74, 6) is 0.477. The van der Waals surface area contributed by atoms with Crippen molar-refractivity contribution in [3.63, 3.8) is 0 Å². The van der Waals surface area contributed by atoms with Crippen LogP contribution in [0.4, 0.5) is 0 Å². The number of aliphatic hydroxyl groups excluding tert-OH is 1. The Morgan fingerprint density at radius 2 is 2.18 bits per heavy atom. The molecule has 62 valence electrons. The fourth-order valence-electron chi connectivity index (χ4n) is 0.557. The first-order valence-electron chi connectivity index (χ1n) is 3.61. The molecule has 0 aliphatic rings. The molecule has 0 unspecified atom stereocenters. The second-order valence-electron chi connectivity index (χ2n) is 1.85. The summed E-state index contributed by atoms with van der Waals surface area (Å²) in [4.78, 5) is 0. The maximum absolute atomic E-state index is 8.59. The van der Waals surface area contributed by atoms with Gasteiger partial charge in [-0.3, -0.25) is 0 Å². The zero-order valence-electron chi connectivity index (χ0n) is 6.95. The maximum atomic E-state index is 8.59. The van der Waals surface area contributed by atoms with Gasteiger partial charge >= 0.3 is 0 Å². The lowest BCUT2D eigenvalue weighted by atomic mass is 10.4. The molecule has 1 N–H and O–H groups in total. The van der Waals surface area contributed by atoms with Crippen molar-refractivity contribution in [3.05, 3.63) is 36.3 Å². The highest BCUT2D eigenvalue weighted by Crippen LogP contribution is 1.97. The van der Waals surface area contributed by atoms with Crippen LogP contribution >= 0.6 is 0 Å². The van der Waals surface area contributed by atoms with Crippen molar-refractivity contribution in [1.29, 1.82) is 0 Å². The van der Waals surface area contributed by atoms with E-state index < -0.39 is 0 Å². The number of allylic oxidation sites excluding steroid dienone is 4. The van der Waals surface area contributed by atoms with Crippen LogP contribution in [0.5, 0.6) is 0 Å². The lowest BCUT2D eigenvalue weighted by Gasteiger charge is -1.99. The molecule has 11 heavy (non-hydrogen) atoms. The summed E-state index contributed by atoms with van der Waals surface area (Å²) < 4.78 is 5.03. The van der Waals surface area contributed by atoms with Gasteiger partial charge < -0.3 is 9.84 Å². The second kappa shape index (κ2) is 6.93. The molecule has 2 heteroatoms. The van der Waals surface area contributed by atoms with Gasteiger partial charge in [-0.05, 0) is 19.9 Å². The van der Waals surface area contributed by atoms with Crippen molar-refractivity contribution in [3.8, 4) is 0 Å². The van der Waals surface area contributed by atoms with Crippen molar-refractivity contribution in [2.24, 2.45) is 0 Å². The van der Waals surface area contributed by atoms with Gasteiger partial charge in [-0.2, -0.15) is 0 Å². The highest BCUT2D eigenvalue weighted by atomic mass is 16.5. The van der Waals surface area contributed by atoms with Crippen molar-refractivity contribution in [1.82, 2.24) is 0 Å². The Bertz CT molecular complexity index is 166. The molecule has 0 fully saturated rings. The molecule has 0 aromatic rings. The molecule has 0 bridgehead atoms. The zero-order valence-corrected chi connectivity index (χ0v) is 6.95. The van der Waals surface area contributed by atoms with Gasteiger partial charge in [0.15, 0.2) is 5.76 Å². The van der Waals surface area contributed by atoms with Crippen LogP contribution in [-0.2, 0) is 4.74 Å². The summed E-state index contributed by atoms with van der Waals surface area (Å²) in [6.45, 7) is 4.35. The monoisotopic (exact) mass is 154 g/mol. The van der Waals surface area contributed by atoms with Gasteiger partial charge in [0.05, 0.1) is 6.61 Å². The van der Waals surface area contributed by atoms with Gasteiger partial charge in [-0.15, -0.1) is 0 Å². The highest BCUT2D eigenvalue weighted by Gasteiger charge is 1.86. The van der Waals surface area contributed by atoms with Gasteiger partial charge in [-0.1, -0.05) is 18.2 Å². The summed E-state index contributed by atoms with van der Waals surface area (Å²) in [6.07, 6.45) is 8.21. The van der Waals surface area contributed by atoms with Crippen LogP contribution in [-0.4, -0.2) is 11.7 Å². The number of rotatable bonds is 4. The SMILES string of the molecule is C\C=C/C=C\C(=C\O)OCC. The van der Waals surface area contributed by atoms with E-state index >= 15 is 0 Å². The number of ether oxygens (including phenoxy) is 1. The first-order valence-corrected chi connectivity index (χ1v) is 3.61. The lowest BCUT2D eigenvalue weighted by molar-refractivity contribution is 0.229. The molecule has 0 amide bonds. The largest absolute Gasteiger partial charge is 0.512 e. The van der Waals surface area contributed by atoms with Gasteiger partial charge in [0.25, 0.3) is 0 Å². The van der Waals surface area contributed by atoms with Crippen LogP contribution in [0.1, 0.15) is 13.8 Å². The molecule has 0 spiro atoms. The van der Waals surface area contributed by atoms with E-state index in [1.807, 2.05) is 26.0 Å². The third-order valence-electron chi connectivity index (χ3n) is 1.00. The quantitative estimate of drug-likeness (QED) is 0.498. The summed E-state index contributed by atoms with van der Waals surface area (Å²) in [5.41, 5.74) is 0. The summed E-state index contributed by atoms with van der Waals surface area (Å²) in [7, 11) is 0. The first-order chi connectivity index (χ1) is 5.35. The first kappa shape index (κ1) is 9.82. The van der Waals surface area contributed by atoms with Gasteiger partial charge in [-0.25, -0.2) is 0 Å². The Morgan fingerprint density at radius 3 is 2.64 bits per heavy atom. The van der Waals surface area contributed by atoms with Crippen molar-refractivity contribution in [2.75, 3.05) is 6.61 Å². The molecular weight excluding hydrogens is 140 g/mol. The summed E-state index contributed by atoms with van der Waals surface area (Å²) >= 11 is 0. The Balaban J connectivity index is 3.88. The normalized spacial score (nSPS) is 13.1. The Morgan fingerprint density at radius 1 is 1.45 bits per heavy atom. The van der Waals surface area contributed by atoms with Gasteiger partial charge in [0.1, 0.15) is 6.26 Å². The topological polar surface area (TPSA) is 29.5 Å². The number of hydrogen-bond acceptors (Lipinski definition) is 2. The Labute approximate surface area is 67.5 Å². The molecule has 0 saturated carbocycles. The average Bonchev–Trinajstić information content (AvgIpc) is 2.03. The van der Waals surface area contributed by atoms with E-state index in [0.717, 1.165) is 6.26 Å². The fourth-order valence-corrected chi connectivity index (χ4v) is 0.557. The van der Waals surface area contributed by atoms with Crippen LogP contribution in [0, 0.1) is 0 Å². The molecule has 0 aliphatic heterocycles. The van der Waals surface area contributed by atoms with Crippen LogP contribution < -0.4 is 0 Å². The summed E-state index contributed by atoms with van der Waals surface area (Å²) in [5, 5.41) is 8.59. The van der Waals surface area contributed by atoms with Crippen LogP contribution in [0.15, 0.2) is 36.3 Å². The van der Waals surface area contributed by atoms with Crippen LogP contribution in [0.25, 0.3) is 0 Å². The Kier molecular flexibility index (Phi) is 6.19. The molecule has 0 atom stereocenters. The third kappa shape index (κ3) is 5.27. The lowest BCUT2D eigenvalue weighted by Crippen LogP contribution is -1.87. The smallest absolute Gasteiger partial charge is 0.153 e. The van der Waals surface area contributed by atoms with E-state index in [0.29, 0.717) is 12.4 Å². The van der Waals surface area contributed by atoms with Crippen LogP contribution in [0.3, 0.4) is 0 Å². The van der Waals surface area contributed by atoms with E-state index in [2.05, 4.69) is 0 Å². The van der Waals surface area contributed by atoms with E-state index in [1.165, 1.54) is 0 Å². The second-order valence-corrected chi connectivity index (χ2v) is 1.85. The van der Waals surface area contributed by atoms with Crippen molar-refractivity contribution < 1.29 is 9.84 Å². The standard InChI is InChI=1S/C9H14O2/c1-3-5-6-7-9(8-10)11-4-2/h3,5-8,10H,4H2,1-2H3/b5-3-,7-6-,9-8-. The molecule has 0 rings (SSSR count). The van der Waals surface area contributed by atoms with E-state index in [1.54, 1.807) is 12.2 Å². The molecule has 0 radical (unpaired) electrons. The molecule has 0 aromatic heterocycles. The minimum atomic E-state index is 0.477. The highest BCUT2D eigenvalue weighted by molar-refractivity contribution is 5.14. The molecule has 0 saturated heterocycles. The number of hydrogen-bond donors (Lipinski definition) is 1. The minimum Gasteiger partial charge on any atom is -0.512 e. The molecule has 0 heterocycles. The van der Waals surface area contributed by atoms with Crippen LogP contribution in [0.2, 0.25) is 0 Å². The molecular formula is C9H14O2. The number of aliphatic hydroxyl groups is 1. The molecule has 0 aliphatic carbocycles. The van der Waals surface area contributed by atoms with E-state index in [9.17, 15) is 0 Å². The van der Waals surface area contributed by atoms with Gasteiger partial charge in [0.2, 0.25) is 0 Å². The van der Waals surface area contributed by atoms with Crippen molar-refractivity contribution >= 4 is 0 Å². The zero-order chi connectivity index (χ0) is 8.53.